The zero-order valence-electron chi connectivity index (χ0n) is 16.8. The average molecular weight is 357 g/mol. The highest BCUT2D eigenvalue weighted by Gasteiger charge is 2.20. The number of nitrogens with zero attached hydrogens (tertiary/aromatic N) is 1. The number of hydrogen-bond acceptors (Lipinski definition) is 2. The highest BCUT2D eigenvalue weighted by Crippen LogP contribution is 2.29. The monoisotopic (exact) mass is 356 g/mol. The van der Waals surface area contributed by atoms with E-state index in [1.54, 1.807) is 0 Å². The Morgan fingerprint density at radius 3 is 2.65 bits per heavy atom. The van der Waals surface area contributed by atoms with Gasteiger partial charge in [-0.2, -0.15) is 0 Å². The molecule has 0 bridgehead atoms. The lowest BCUT2D eigenvalue weighted by molar-refractivity contribution is 0.0756. The fourth-order valence-electron chi connectivity index (χ4n) is 3.19. The van der Waals surface area contributed by atoms with Crippen LogP contribution in [0.5, 0.6) is 0 Å². The largest absolute Gasteiger partial charge is 0.379 e. The van der Waals surface area contributed by atoms with Crippen LogP contribution in [0.4, 0.5) is 0 Å². The van der Waals surface area contributed by atoms with Crippen LogP contribution in [0.2, 0.25) is 0 Å². The summed E-state index contributed by atoms with van der Waals surface area (Å²) in [5, 5.41) is 4.18. The van der Waals surface area contributed by atoms with Crippen molar-refractivity contribution < 1.29 is 9.53 Å². The molecule has 0 saturated carbocycles. The van der Waals surface area contributed by atoms with Gasteiger partial charge in [-0.15, -0.1) is 6.58 Å². The molecule has 0 spiro atoms. The summed E-state index contributed by atoms with van der Waals surface area (Å²) in [7, 11) is 0. The highest BCUT2D eigenvalue weighted by molar-refractivity contribution is 6.01. The molecular weight excluding hydrogens is 324 g/mol. The molecule has 4 heteroatoms. The lowest BCUT2D eigenvalue weighted by atomic mass is 10.0. The number of aryl methyl sites for hydroxylation is 1. The molecule has 4 nitrogen and oxygen atoms in total. The summed E-state index contributed by atoms with van der Waals surface area (Å²) in [6, 6.07) is 6.48. The molecule has 1 N–H and O–H groups in total. The first kappa shape index (κ1) is 20.2. The van der Waals surface area contributed by atoms with E-state index in [9.17, 15) is 4.79 Å². The quantitative estimate of drug-likeness (QED) is 0.518. The number of aromatic nitrogens is 1. The first-order chi connectivity index (χ1) is 12.4. The van der Waals surface area contributed by atoms with Crippen molar-refractivity contribution >= 4 is 16.8 Å². The molecule has 0 aliphatic heterocycles. The second-order valence-corrected chi connectivity index (χ2v) is 7.33. The van der Waals surface area contributed by atoms with Gasteiger partial charge in [0, 0.05) is 30.6 Å². The Hall–Kier alpha value is -2.07. The molecule has 1 aromatic heterocycles. The van der Waals surface area contributed by atoms with Crippen LogP contribution in [0.15, 0.2) is 30.9 Å². The Bertz CT molecular complexity index is 772. The van der Waals surface area contributed by atoms with Gasteiger partial charge in [0.1, 0.15) is 5.69 Å². The van der Waals surface area contributed by atoms with E-state index in [0.29, 0.717) is 25.6 Å². The Kier molecular flexibility index (Phi) is 7.04. The van der Waals surface area contributed by atoms with E-state index < -0.39 is 0 Å². The molecule has 0 fully saturated rings. The summed E-state index contributed by atoms with van der Waals surface area (Å²) in [6.45, 7) is 16.2. The number of carbonyl (C=O) groups is 1. The number of carbonyl (C=O) groups excluding carboxylic acids is 1. The molecule has 0 aliphatic carbocycles. The standard InChI is InChI=1S/C22H32N2O2/c1-7-12-24-20-10-9-18(15(2)3)14-19(20)17(6)21(24)22(25)23-11-8-13-26-16(4)5/h7,9-10,14-16H,1,8,11-13H2,2-6H3,(H,23,25). The van der Waals surface area contributed by atoms with E-state index in [1.807, 2.05) is 26.8 Å². The maximum absolute atomic E-state index is 12.8. The van der Waals surface area contributed by atoms with Gasteiger partial charge in [0.25, 0.3) is 5.91 Å². The number of rotatable bonds is 9. The highest BCUT2D eigenvalue weighted by atomic mass is 16.5. The van der Waals surface area contributed by atoms with E-state index in [0.717, 1.165) is 28.6 Å². The molecule has 26 heavy (non-hydrogen) atoms. The van der Waals surface area contributed by atoms with Crippen molar-refractivity contribution in [1.82, 2.24) is 9.88 Å². The number of nitrogens with one attached hydrogen (secondary N) is 1. The molecule has 0 unspecified atom stereocenters. The minimum Gasteiger partial charge on any atom is -0.379 e. The van der Waals surface area contributed by atoms with Crippen molar-refractivity contribution in [2.45, 2.75) is 59.6 Å². The van der Waals surface area contributed by atoms with Crippen LogP contribution in [0.25, 0.3) is 10.9 Å². The molecule has 1 heterocycles. The van der Waals surface area contributed by atoms with Crippen molar-refractivity contribution in [3.63, 3.8) is 0 Å². The van der Waals surface area contributed by atoms with Crippen molar-refractivity contribution in [3.8, 4) is 0 Å². The molecule has 0 atom stereocenters. The Morgan fingerprint density at radius 2 is 2.04 bits per heavy atom. The molecule has 0 radical (unpaired) electrons. The van der Waals surface area contributed by atoms with Gasteiger partial charge in [0.2, 0.25) is 0 Å². The average Bonchev–Trinajstić information content (AvgIpc) is 2.86. The predicted molar refractivity (Wildman–Crippen MR) is 109 cm³/mol. The lowest BCUT2D eigenvalue weighted by Crippen LogP contribution is -2.28. The maximum atomic E-state index is 12.8. The second kappa shape index (κ2) is 9.04. The van der Waals surface area contributed by atoms with Gasteiger partial charge in [-0.3, -0.25) is 4.79 Å². The van der Waals surface area contributed by atoms with Crippen LogP contribution < -0.4 is 5.32 Å². The number of ether oxygens (including phenoxy) is 1. The SMILES string of the molecule is C=CCn1c(C(=O)NCCCOC(C)C)c(C)c2cc(C(C)C)ccc21. The maximum Gasteiger partial charge on any atom is 0.268 e. The second-order valence-electron chi connectivity index (χ2n) is 7.33. The van der Waals surface area contributed by atoms with E-state index >= 15 is 0 Å². The molecule has 1 aromatic carbocycles. The molecule has 2 rings (SSSR count). The van der Waals surface area contributed by atoms with Crippen molar-refractivity contribution in [1.29, 1.82) is 0 Å². The van der Waals surface area contributed by atoms with Gasteiger partial charge in [-0.05, 0) is 56.4 Å². The number of hydrogen-bond donors (Lipinski definition) is 1. The Labute approximate surface area is 157 Å². The number of allylic oxidation sites excluding steroid dienone is 1. The summed E-state index contributed by atoms with van der Waals surface area (Å²) < 4.78 is 7.59. The Balaban J connectivity index is 2.26. The zero-order valence-corrected chi connectivity index (χ0v) is 16.8. The van der Waals surface area contributed by atoms with Gasteiger partial charge in [-0.1, -0.05) is 26.0 Å². The summed E-state index contributed by atoms with van der Waals surface area (Å²) in [5.41, 5.74) is 4.13. The first-order valence-corrected chi connectivity index (χ1v) is 9.50. The third-order valence-corrected chi connectivity index (χ3v) is 4.59. The van der Waals surface area contributed by atoms with Crippen LogP contribution in [0.1, 0.15) is 61.6 Å². The van der Waals surface area contributed by atoms with Crippen molar-refractivity contribution in [2.24, 2.45) is 0 Å². The number of benzene rings is 1. The fraction of sp³-hybridized carbons (Fsp3) is 0.500. The molecule has 2 aromatic rings. The first-order valence-electron chi connectivity index (χ1n) is 9.50. The van der Waals surface area contributed by atoms with Crippen LogP contribution in [-0.4, -0.2) is 29.7 Å². The topological polar surface area (TPSA) is 43.3 Å². The molecule has 1 amide bonds. The van der Waals surface area contributed by atoms with Crippen molar-refractivity contribution in [2.75, 3.05) is 13.2 Å². The minimum absolute atomic E-state index is 0.0313. The van der Waals surface area contributed by atoms with Crippen LogP contribution >= 0.6 is 0 Å². The van der Waals surface area contributed by atoms with Crippen LogP contribution in [0, 0.1) is 6.92 Å². The van der Waals surface area contributed by atoms with Crippen LogP contribution in [-0.2, 0) is 11.3 Å². The zero-order chi connectivity index (χ0) is 19.3. The summed E-state index contributed by atoms with van der Waals surface area (Å²) in [4.78, 5) is 12.8. The fourth-order valence-corrected chi connectivity index (χ4v) is 3.19. The van der Waals surface area contributed by atoms with E-state index in [2.05, 4.69) is 48.5 Å². The summed E-state index contributed by atoms with van der Waals surface area (Å²) in [5.74, 6) is 0.427. The van der Waals surface area contributed by atoms with Gasteiger partial charge >= 0.3 is 0 Å². The van der Waals surface area contributed by atoms with Gasteiger partial charge < -0.3 is 14.6 Å². The Morgan fingerprint density at radius 1 is 1.31 bits per heavy atom. The third-order valence-electron chi connectivity index (χ3n) is 4.59. The van der Waals surface area contributed by atoms with Crippen molar-refractivity contribution in [3.05, 3.63) is 47.7 Å². The van der Waals surface area contributed by atoms with Gasteiger partial charge in [0.15, 0.2) is 0 Å². The lowest BCUT2D eigenvalue weighted by Gasteiger charge is -2.11. The molecule has 0 aliphatic rings. The van der Waals surface area contributed by atoms with Gasteiger partial charge in [0.05, 0.1) is 6.10 Å². The van der Waals surface area contributed by atoms with Crippen LogP contribution in [0.3, 0.4) is 0 Å². The van der Waals surface area contributed by atoms with E-state index in [-0.39, 0.29) is 12.0 Å². The summed E-state index contributed by atoms with van der Waals surface area (Å²) >= 11 is 0. The predicted octanol–water partition coefficient (Wildman–Crippen LogP) is 4.80. The van der Waals surface area contributed by atoms with E-state index in [1.165, 1.54) is 5.56 Å². The number of fused-ring (bicyclic) bond motifs is 1. The van der Waals surface area contributed by atoms with Gasteiger partial charge in [-0.25, -0.2) is 0 Å². The minimum atomic E-state index is -0.0313. The molecule has 0 saturated heterocycles. The smallest absolute Gasteiger partial charge is 0.268 e. The summed E-state index contributed by atoms with van der Waals surface area (Å²) in [6.07, 6.45) is 2.86. The van der Waals surface area contributed by atoms with E-state index in [4.69, 9.17) is 4.74 Å². The normalized spacial score (nSPS) is 11.5. The third kappa shape index (κ3) is 4.55. The number of amides is 1. The molecule has 142 valence electrons. The molecular formula is C22H32N2O2.